The summed E-state index contributed by atoms with van der Waals surface area (Å²) in [5, 5.41) is 1.14. The summed E-state index contributed by atoms with van der Waals surface area (Å²) in [5.41, 5.74) is -0.0697. The Hall–Kier alpha value is -1.42. The van der Waals surface area contributed by atoms with Crippen molar-refractivity contribution in [2.75, 3.05) is 0 Å². The second kappa shape index (κ2) is 3.98. The average Bonchev–Trinajstić information content (AvgIpc) is 2.15. The molecule has 0 aromatic heterocycles. The number of hydrazine groups is 1. The molecule has 1 aromatic carbocycles. The van der Waals surface area contributed by atoms with Crippen LogP contribution in [0.4, 0.5) is 4.39 Å². The van der Waals surface area contributed by atoms with Gasteiger partial charge in [0.15, 0.2) is 0 Å². The summed E-state index contributed by atoms with van der Waals surface area (Å²) in [6.45, 7) is 5.48. The molecule has 0 spiro atoms. The Balaban J connectivity index is 2.90. The van der Waals surface area contributed by atoms with Gasteiger partial charge in [-0.15, -0.1) is 0 Å². The number of carbonyl (C=O) groups excluding carboxylic acids is 1. The van der Waals surface area contributed by atoms with Crippen LogP contribution >= 0.6 is 0 Å². The van der Waals surface area contributed by atoms with Crippen molar-refractivity contribution in [2.45, 2.75) is 26.3 Å². The second-order valence-electron chi connectivity index (χ2n) is 4.35. The van der Waals surface area contributed by atoms with Crippen LogP contribution in [-0.4, -0.2) is 16.5 Å². The second-order valence-corrected chi connectivity index (χ2v) is 4.35. The summed E-state index contributed by atoms with van der Waals surface area (Å²) in [7, 11) is 0. The molecule has 0 radical (unpaired) electrons. The van der Waals surface area contributed by atoms with E-state index < -0.39 is 5.54 Å². The molecule has 0 atom stereocenters. The molecular weight excluding hydrogens is 195 g/mol. The van der Waals surface area contributed by atoms with Crippen molar-refractivity contribution in [3.05, 3.63) is 35.6 Å². The molecule has 0 aliphatic rings. The zero-order chi connectivity index (χ0) is 11.6. The molecule has 15 heavy (non-hydrogen) atoms. The Labute approximate surface area is 88.7 Å². The van der Waals surface area contributed by atoms with Crippen molar-refractivity contribution < 1.29 is 9.18 Å². The van der Waals surface area contributed by atoms with Crippen molar-refractivity contribution in [2.24, 2.45) is 5.84 Å². The largest absolute Gasteiger partial charge is 0.271 e. The number of hydrogen-bond acceptors (Lipinski definition) is 2. The molecule has 0 bridgehead atoms. The van der Waals surface area contributed by atoms with Crippen LogP contribution in [0, 0.1) is 5.82 Å². The summed E-state index contributed by atoms with van der Waals surface area (Å²) < 4.78 is 12.6. The smallest absolute Gasteiger partial charge is 0.268 e. The average molecular weight is 210 g/mol. The third-order valence-electron chi connectivity index (χ3n) is 2.03. The van der Waals surface area contributed by atoms with Gasteiger partial charge in [0.25, 0.3) is 5.91 Å². The fraction of sp³-hybridized carbons (Fsp3) is 0.364. The van der Waals surface area contributed by atoms with E-state index in [1.807, 2.05) is 20.8 Å². The van der Waals surface area contributed by atoms with E-state index in [2.05, 4.69) is 0 Å². The van der Waals surface area contributed by atoms with Crippen LogP contribution in [-0.2, 0) is 0 Å². The molecule has 0 unspecified atom stereocenters. The lowest BCUT2D eigenvalue weighted by Gasteiger charge is -2.31. The molecule has 1 amide bonds. The molecule has 0 aliphatic heterocycles. The lowest BCUT2D eigenvalue weighted by atomic mass is 10.1. The van der Waals surface area contributed by atoms with Crippen LogP contribution in [0.5, 0.6) is 0 Å². The molecule has 4 heteroatoms. The van der Waals surface area contributed by atoms with Gasteiger partial charge < -0.3 is 0 Å². The highest BCUT2D eigenvalue weighted by molar-refractivity contribution is 5.94. The summed E-state index contributed by atoms with van der Waals surface area (Å²) in [4.78, 5) is 11.8. The van der Waals surface area contributed by atoms with Crippen molar-refractivity contribution in [3.63, 3.8) is 0 Å². The number of nitrogens with two attached hydrogens (primary N) is 1. The van der Waals surface area contributed by atoms with Crippen LogP contribution < -0.4 is 5.84 Å². The maximum Gasteiger partial charge on any atom is 0.268 e. The monoisotopic (exact) mass is 210 g/mol. The quantitative estimate of drug-likeness (QED) is 0.437. The first-order chi connectivity index (χ1) is 6.82. The summed E-state index contributed by atoms with van der Waals surface area (Å²) in [5.74, 6) is 4.97. The topological polar surface area (TPSA) is 46.3 Å². The lowest BCUT2D eigenvalue weighted by molar-refractivity contribution is 0.0582. The molecule has 2 N–H and O–H groups in total. The van der Waals surface area contributed by atoms with E-state index in [1.54, 1.807) is 0 Å². The van der Waals surface area contributed by atoms with E-state index >= 15 is 0 Å². The van der Waals surface area contributed by atoms with E-state index in [0.29, 0.717) is 5.56 Å². The molecule has 0 saturated heterocycles. The Kier molecular flexibility index (Phi) is 3.09. The van der Waals surface area contributed by atoms with Gasteiger partial charge in [0.2, 0.25) is 0 Å². The molecule has 1 rings (SSSR count). The lowest BCUT2D eigenvalue weighted by Crippen LogP contribution is -2.50. The SMILES string of the molecule is CC(C)(C)N(N)C(=O)c1ccc(F)cc1. The highest BCUT2D eigenvalue weighted by Gasteiger charge is 2.24. The minimum Gasteiger partial charge on any atom is -0.271 e. The predicted molar refractivity (Wildman–Crippen MR) is 56.5 cm³/mol. The number of nitrogens with zero attached hydrogens (tertiary/aromatic N) is 1. The molecule has 1 aromatic rings. The van der Waals surface area contributed by atoms with Gasteiger partial charge in [-0.2, -0.15) is 0 Å². The highest BCUT2D eigenvalue weighted by atomic mass is 19.1. The van der Waals surface area contributed by atoms with Crippen LogP contribution in [0.25, 0.3) is 0 Å². The van der Waals surface area contributed by atoms with E-state index in [0.717, 1.165) is 5.01 Å². The third-order valence-corrected chi connectivity index (χ3v) is 2.03. The zero-order valence-electron chi connectivity index (χ0n) is 9.12. The van der Waals surface area contributed by atoms with Crippen LogP contribution in [0.2, 0.25) is 0 Å². The van der Waals surface area contributed by atoms with E-state index in [1.165, 1.54) is 24.3 Å². The van der Waals surface area contributed by atoms with Gasteiger partial charge in [-0.1, -0.05) is 0 Å². The minimum atomic E-state index is -0.453. The molecule has 82 valence electrons. The maximum absolute atomic E-state index is 12.6. The Morgan fingerprint density at radius 1 is 1.27 bits per heavy atom. The fourth-order valence-corrected chi connectivity index (χ4v) is 1.04. The number of benzene rings is 1. The maximum atomic E-state index is 12.6. The van der Waals surface area contributed by atoms with Gasteiger partial charge in [-0.25, -0.2) is 10.2 Å². The molecular formula is C11H15FN2O. The van der Waals surface area contributed by atoms with Crippen molar-refractivity contribution in [3.8, 4) is 0 Å². The molecule has 0 saturated carbocycles. The minimum absolute atomic E-state index is 0.317. The van der Waals surface area contributed by atoms with Gasteiger partial charge in [0.1, 0.15) is 5.82 Å². The first kappa shape index (κ1) is 11.7. The van der Waals surface area contributed by atoms with Crippen molar-refractivity contribution >= 4 is 5.91 Å². The molecule has 3 nitrogen and oxygen atoms in total. The zero-order valence-corrected chi connectivity index (χ0v) is 9.12. The van der Waals surface area contributed by atoms with Crippen LogP contribution in [0.15, 0.2) is 24.3 Å². The van der Waals surface area contributed by atoms with E-state index in [4.69, 9.17) is 5.84 Å². The van der Waals surface area contributed by atoms with Gasteiger partial charge in [-0.05, 0) is 45.0 Å². The molecule has 0 heterocycles. The van der Waals surface area contributed by atoms with Crippen LogP contribution in [0.3, 0.4) is 0 Å². The standard InChI is InChI=1S/C11H15FN2O/c1-11(2,3)14(13)10(15)8-4-6-9(12)7-5-8/h4-7H,13H2,1-3H3. The van der Waals surface area contributed by atoms with Gasteiger partial charge >= 0.3 is 0 Å². The summed E-state index contributed by atoms with van der Waals surface area (Å²) >= 11 is 0. The Bertz CT molecular complexity index is 354. The number of carbonyl (C=O) groups is 1. The Morgan fingerprint density at radius 3 is 2.13 bits per heavy atom. The van der Waals surface area contributed by atoms with Crippen LogP contribution in [0.1, 0.15) is 31.1 Å². The fourth-order valence-electron chi connectivity index (χ4n) is 1.04. The normalized spacial score (nSPS) is 11.3. The highest BCUT2D eigenvalue weighted by Crippen LogP contribution is 2.13. The number of halogens is 1. The van der Waals surface area contributed by atoms with Gasteiger partial charge in [0, 0.05) is 5.56 Å². The van der Waals surface area contributed by atoms with E-state index in [9.17, 15) is 9.18 Å². The predicted octanol–water partition coefficient (Wildman–Crippen LogP) is 1.94. The molecule has 0 aliphatic carbocycles. The first-order valence-electron chi connectivity index (χ1n) is 4.67. The summed E-state index contributed by atoms with van der Waals surface area (Å²) in [6, 6.07) is 5.32. The van der Waals surface area contributed by atoms with Gasteiger partial charge in [-0.3, -0.25) is 9.80 Å². The van der Waals surface area contributed by atoms with Crippen molar-refractivity contribution in [1.29, 1.82) is 0 Å². The van der Waals surface area contributed by atoms with Crippen molar-refractivity contribution in [1.82, 2.24) is 5.01 Å². The number of amides is 1. The third kappa shape index (κ3) is 2.76. The number of hydrogen-bond donors (Lipinski definition) is 1. The van der Waals surface area contributed by atoms with E-state index in [-0.39, 0.29) is 11.7 Å². The Morgan fingerprint density at radius 2 is 1.73 bits per heavy atom. The summed E-state index contributed by atoms with van der Waals surface area (Å²) in [6.07, 6.45) is 0. The molecule has 0 fully saturated rings. The number of rotatable bonds is 1. The van der Waals surface area contributed by atoms with Gasteiger partial charge in [0.05, 0.1) is 5.54 Å². The first-order valence-corrected chi connectivity index (χ1v) is 4.67.